The Labute approximate surface area is 103 Å². The Balaban J connectivity index is 0.00000128. The van der Waals surface area contributed by atoms with Crippen LogP contribution in [-0.4, -0.2) is 69.5 Å². The van der Waals surface area contributed by atoms with Crippen molar-refractivity contribution in [1.82, 2.24) is 13.9 Å². The van der Waals surface area contributed by atoms with Gasteiger partial charge in [-0.3, -0.25) is 0 Å². The first-order chi connectivity index (χ1) is 7.21. The zero-order chi connectivity index (χ0) is 10.7. The third-order valence-electron chi connectivity index (χ3n) is 2.70. The summed E-state index contributed by atoms with van der Waals surface area (Å²) in [6.07, 6.45) is 0. The molecule has 2 saturated heterocycles. The molecule has 6 nitrogen and oxygen atoms in total. The van der Waals surface area contributed by atoms with Crippen LogP contribution in [0.1, 0.15) is 0 Å². The Morgan fingerprint density at radius 2 is 1.44 bits per heavy atom. The highest BCUT2D eigenvalue weighted by atomic mass is 35.5. The van der Waals surface area contributed by atoms with E-state index in [9.17, 15) is 8.42 Å². The van der Waals surface area contributed by atoms with Gasteiger partial charge in [-0.15, -0.1) is 12.4 Å². The van der Waals surface area contributed by atoms with Crippen LogP contribution in [0.4, 0.5) is 0 Å². The summed E-state index contributed by atoms with van der Waals surface area (Å²) in [7, 11) is -3.24. The SMILES string of the molecule is Cl.O=S(=O)(N1CCNCC1)N1CCOCC1. The predicted molar refractivity (Wildman–Crippen MR) is 63.0 cm³/mol. The molecule has 0 atom stereocenters. The van der Waals surface area contributed by atoms with E-state index in [1.807, 2.05) is 0 Å². The largest absolute Gasteiger partial charge is 0.379 e. The summed E-state index contributed by atoms with van der Waals surface area (Å²) in [5.74, 6) is 0. The van der Waals surface area contributed by atoms with Gasteiger partial charge in [-0.25, -0.2) is 0 Å². The predicted octanol–water partition coefficient (Wildman–Crippen LogP) is -1.11. The van der Waals surface area contributed by atoms with Crippen LogP contribution < -0.4 is 5.32 Å². The minimum absolute atomic E-state index is 0. The first kappa shape index (κ1) is 14.1. The van der Waals surface area contributed by atoms with Crippen LogP contribution in [0.15, 0.2) is 0 Å². The molecular weight excluding hydrogens is 254 g/mol. The molecule has 8 heteroatoms. The zero-order valence-electron chi connectivity index (χ0n) is 9.09. The van der Waals surface area contributed by atoms with Crippen LogP contribution in [0.25, 0.3) is 0 Å². The number of halogens is 1. The van der Waals surface area contributed by atoms with Gasteiger partial charge in [0.25, 0.3) is 10.2 Å². The van der Waals surface area contributed by atoms with Crippen molar-refractivity contribution in [3.63, 3.8) is 0 Å². The smallest absolute Gasteiger partial charge is 0.282 e. The second-order valence-electron chi connectivity index (χ2n) is 3.67. The van der Waals surface area contributed by atoms with Gasteiger partial charge in [0.2, 0.25) is 0 Å². The third-order valence-corrected chi connectivity index (χ3v) is 4.73. The molecule has 0 aromatic carbocycles. The Morgan fingerprint density at radius 3 is 2.00 bits per heavy atom. The molecule has 0 aromatic rings. The van der Waals surface area contributed by atoms with E-state index in [-0.39, 0.29) is 12.4 Å². The lowest BCUT2D eigenvalue weighted by atomic mass is 10.4. The van der Waals surface area contributed by atoms with Crippen molar-refractivity contribution < 1.29 is 13.2 Å². The van der Waals surface area contributed by atoms with Crippen LogP contribution >= 0.6 is 12.4 Å². The molecule has 96 valence electrons. The molecule has 2 heterocycles. The Hall–Kier alpha value is 0.0800. The number of nitrogens with zero attached hydrogens (tertiary/aromatic N) is 2. The number of morpholine rings is 1. The van der Waals surface area contributed by atoms with Gasteiger partial charge in [-0.2, -0.15) is 17.0 Å². The molecule has 0 spiro atoms. The summed E-state index contributed by atoms with van der Waals surface area (Å²) < 4.78 is 32.4. The highest BCUT2D eigenvalue weighted by Crippen LogP contribution is 2.11. The topological polar surface area (TPSA) is 61.9 Å². The number of rotatable bonds is 2. The molecular formula is C8H18ClN3O3S. The number of nitrogens with one attached hydrogen (secondary N) is 1. The van der Waals surface area contributed by atoms with Crippen LogP contribution in [-0.2, 0) is 14.9 Å². The molecule has 0 bridgehead atoms. The van der Waals surface area contributed by atoms with Crippen molar-refractivity contribution in [2.24, 2.45) is 0 Å². The molecule has 0 amide bonds. The van der Waals surface area contributed by atoms with Gasteiger partial charge >= 0.3 is 0 Å². The number of hydrogen-bond acceptors (Lipinski definition) is 4. The Bertz CT molecular complexity index is 276. The summed E-state index contributed by atoms with van der Waals surface area (Å²) in [4.78, 5) is 0. The van der Waals surface area contributed by atoms with Gasteiger partial charge in [0.05, 0.1) is 13.2 Å². The summed E-state index contributed by atoms with van der Waals surface area (Å²) in [5, 5.41) is 3.14. The fourth-order valence-corrected chi connectivity index (χ4v) is 3.40. The standard InChI is InChI=1S/C8H17N3O3S.ClH/c12-15(13,10-3-1-9-2-4-10)11-5-7-14-8-6-11;/h9H,1-8H2;1H. The van der Waals surface area contributed by atoms with E-state index in [0.29, 0.717) is 39.4 Å². The lowest BCUT2D eigenvalue weighted by Gasteiger charge is -2.34. The quantitative estimate of drug-likeness (QED) is 0.692. The van der Waals surface area contributed by atoms with Crippen molar-refractivity contribution in [2.75, 3.05) is 52.5 Å². The average Bonchev–Trinajstić information content (AvgIpc) is 2.31. The average molecular weight is 272 g/mol. The lowest BCUT2D eigenvalue weighted by Crippen LogP contribution is -2.53. The van der Waals surface area contributed by atoms with Gasteiger partial charge < -0.3 is 10.1 Å². The van der Waals surface area contributed by atoms with E-state index in [4.69, 9.17) is 4.74 Å². The van der Waals surface area contributed by atoms with Crippen molar-refractivity contribution in [3.05, 3.63) is 0 Å². The molecule has 16 heavy (non-hydrogen) atoms. The van der Waals surface area contributed by atoms with E-state index in [0.717, 1.165) is 13.1 Å². The molecule has 0 aliphatic carbocycles. The summed E-state index contributed by atoms with van der Waals surface area (Å²) in [5.41, 5.74) is 0. The fourth-order valence-electron chi connectivity index (χ4n) is 1.82. The van der Waals surface area contributed by atoms with Gasteiger partial charge in [-0.05, 0) is 0 Å². The van der Waals surface area contributed by atoms with Gasteiger partial charge in [-0.1, -0.05) is 0 Å². The molecule has 2 fully saturated rings. The van der Waals surface area contributed by atoms with E-state index in [1.165, 1.54) is 4.31 Å². The first-order valence-corrected chi connectivity index (χ1v) is 6.64. The molecule has 0 saturated carbocycles. The normalized spacial score (nSPS) is 25.0. The molecule has 0 aromatic heterocycles. The van der Waals surface area contributed by atoms with E-state index in [2.05, 4.69) is 5.32 Å². The molecule has 0 unspecified atom stereocenters. The maximum absolute atomic E-state index is 12.1. The summed E-state index contributed by atoms with van der Waals surface area (Å²) >= 11 is 0. The van der Waals surface area contributed by atoms with E-state index in [1.54, 1.807) is 4.31 Å². The van der Waals surface area contributed by atoms with E-state index < -0.39 is 10.2 Å². The summed E-state index contributed by atoms with van der Waals surface area (Å²) in [6.45, 7) is 4.59. The van der Waals surface area contributed by atoms with Crippen molar-refractivity contribution in [1.29, 1.82) is 0 Å². The van der Waals surface area contributed by atoms with Crippen LogP contribution in [0.2, 0.25) is 0 Å². The molecule has 2 rings (SSSR count). The minimum Gasteiger partial charge on any atom is -0.379 e. The van der Waals surface area contributed by atoms with Gasteiger partial charge in [0.1, 0.15) is 0 Å². The van der Waals surface area contributed by atoms with E-state index >= 15 is 0 Å². The first-order valence-electron chi connectivity index (χ1n) is 5.25. The molecule has 2 aliphatic rings. The maximum Gasteiger partial charge on any atom is 0.282 e. The van der Waals surface area contributed by atoms with Crippen molar-refractivity contribution >= 4 is 22.6 Å². The second-order valence-corrected chi connectivity index (χ2v) is 5.60. The highest BCUT2D eigenvalue weighted by molar-refractivity contribution is 7.86. The highest BCUT2D eigenvalue weighted by Gasteiger charge is 2.31. The second kappa shape index (κ2) is 6.13. The number of hydrogen-bond donors (Lipinski definition) is 1. The summed E-state index contributed by atoms with van der Waals surface area (Å²) in [6, 6.07) is 0. The number of piperazine rings is 1. The molecule has 1 N–H and O–H groups in total. The Kier molecular flexibility index (Phi) is 5.42. The van der Waals surface area contributed by atoms with Gasteiger partial charge in [0, 0.05) is 39.3 Å². The Morgan fingerprint density at radius 1 is 0.938 bits per heavy atom. The minimum atomic E-state index is -3.24. The fraction of sp³-hybridized carbons (Fsp3) is 1.00. The molecule has 2 aliphatic heterocycles. The maximum atomic E-state index is 12.1. The van der Waals surface area contributed by atoms with Crippen molar-refractivity contribution in [3.8, 4) is 0 Å². The van der Waals surface area contributed by atoms with Crippen LogP contribution in [0.5, 0.6) is 0 Å². The lowest BCUT2D eigenvalue weighted by molar-refractivity contribution is 0.0699. The number of ether oxygens (including phenoxy) is 1. The molecule has 0 radical (unpaired) electrons. The van der Waals surface area contributed by atoms with Crippen molar-refractivity contribution in [2.45, 2.75) is 0 Å². The van der Waals surface area contributed by atoms with Crippen LogP contribution in [0, 0.1) is 0 Å². The monoisotopic (exact) mass is 271 g/mol. The van der Waals surface area contributed by atoms with Crippen LogP contribution in [0.3, 0.4) is 0 Å². The van der Waals surface area contributed by atoms with Gasteiger partial charge in [0.15, 0.2) is 0 Å². The third kappa shape index (κ3) is 3.06. The zero-order valence-corrected chi connectivity index (χ0v) is 10.7.